The van der Waals surface area contributed by atoms with Gasteiger partial charge in [0.2, 0.25) is 0 Å². The number of nitrogens with one attached hydrogen (secondary N) is 2. The molecule has 1 unspecified atom stereocenters. The predicted molar refractivity (Wildman–Crippen MR) is 77.3 cm³/mol. The molecule has 6 nitrogen and oxygen atoms in total. The summed E-state index contributed by atoms with van der Waals surface area (Å²) in [5.41, 5.74) is 1.26. The molecule has 0 bridgehead atoms. The number of carbonyl (C=O) groups excluding carboxylic acids is 1. The maximum absolute atomic E-state index is 11.6. The van der Waals surface area contributed by atoms with Gasteiger partial charge in [-0.1, -0.05) is 23.7 Å². The van der Waals surface area contributed by atoms with Crippen LogP contribution in [0.4, 0.5) is 10.5 Å². The molecule has 1 aromatic heterocycles. The molecule has 106 valence electrons. The van der Waals surface area contributed by atoms with E-state index in [9.17, 15) is 4.79 Å². The molecule has 1 aromatic carbocycles. The van der Waals surface area contributed by atoms with Crippen LogP contribution in [0.15, 0.2) is 36.7 Å². The summed E-state index contributed by atoms with van der Waals surface area (Å²) in [5.74, 6) is 0. The predicted octanol–water partition coefficient (Wildman–Crippen LogP) is 2.03. The SMILES string of the molecule is CC(CO)NC(=O)Nc1cnn(-c2ccccc2Cl)c1. The maximum atomic E-state index is 11.6. The second kappa shape index (κ2) is 6.40. The van der Waals surface area contributed by atoms with Crippen molar-refractivity contribution < 1.29 is 9.90 Å². The zero-order valence-electron chi connectivity index (χ0n) is 10.9. The van der Waals surface area contributed by atoms with Crippen LogP contribution in [-0.4, -0.2) is 33.6 Å². The number of carbonyl (C=O) groups is 1. The maximum Gasteiger partial charge on any atom is 0.319 e. The first kappa shape index (κ1) is 14.4. The Kier molecular flexibility index (Phi) is 4.60. The zero-order valence-corrected chi connectivity index (χ0v) is 11.6. The minimum atomic E-state index is -0.398. The molecule has 2 amide bonds. The fourth-order valence-electron chi connectivity index (χ4n) is 1.59. The van der Waals surface area contributed by atoms with Crippen LogP contribution in [0, 0.1) is 0 Å². The van der Waals surface area contributed by atoms with Gasteiger partial charge in [0.1, 0.15) is 0 Å². The van der Waals surface area contributed by atoms with Crippen LogP contribution in [0.3, 0.4) is 0 Å². The van der Waals surface area contributed by atoms with Crippen LogP contribution in [0.2, 0.25) is 5.02 Å². The quantitative estimate of drug-likeness (QED) is 0.807. The number of aromatic nitrogens is 2. The van der Waals surface area contributed by atoms with Crippen LogP contribution < -0.4 is 10.6 Å². The highest BCUT2D eigenvalue weighted by atomic mass is 35.5. The van der Waals surface area contributed by atoms with E-state index in [4.69, 9.17) is 16.7 Å². The van der Waals surface area contributed by atoms with Gasteiger partial charge in [-0.15, -0.1) is 0 Å². The van der Waals surface area contributed by atoms with E-state index in [2.05, 4.69) is 15.7 Å². The Morgan fingerprint density at radius 3 is 2.95 bits per heavy atom. The van der Waals surface area contributed by atoms with Crippen LogP contribution in [0.25, 0.3) is 5.69 Å². The molecule has 7 heteroatoms. The van der Waals surface area contributed by atoms with Gasteiger partial charge in [-0.3, -0.25) is 0 Å². The summed E-state index contributed by atoms with van der Waals surface area (Å²) in [6, 6.07) is 6.57. The Labute approximate surface area is 121 Å². The number of amides is 2. The number of aliphatic hydroxyl groups is 1. The van der Waals surface area contributed by atoms with Crippen molar-refractivity contribution in [2.75, 3.05) is 11.9 Å². The second-order valence-electron chi connectivity index (χ2n) is 4.31. The van der Waals surface area contributed by atoms with Crippen molar-refractivity contribution >= 4 is 23.3 Å². The van der Waals surface area contributed by atoms with E-state index in [1.165, 1.54) is 6.20 Å². The Hall–Kier alpha value is -2.05. The molecule has 0 saturated heterocycles. The number of rotatable bonds is 4. The summed E-state index contributed by atoms with van der Waals surface area (Å²) < 4.78 is 1.58. The summed E-state index contributed by atoms with van der Waals surface area (Å²) in [7, 11) is 0. The number of anilines is 1. The van der Waals surface area contributed by atoms with Crippen LogP contribution >= 0.6 is 11.6 Å². The number of hydrogen-bond acceptors (Lipinski definition) is 3. The summed E-state index contributed by atoms with van der Waals surface area (Å²) in [5, 5.41) is 18.8. The van der Waals surface area contributed by atoms with Gasteiger partial charge in [0, 0.05) is 0 Å². The monoisotopic (exact) mass is 294 g/mol. The van der Waals surface area contributed by atoms with Crippen LogP contribution in [-0.2, 0) is 0 Å². The largest absolute Gasteiger partial charge is 0.394 e. The van der Waals surface area contributed by atoms with E-state index >= 15 is 0 Å². The number of aliphatic hydroxyl groups excluding tert-OH is 1. The molecule has 3 N–H and O–H groups in total. The number of benzene rings is 1. The lowest BCUT2D eigenvalue weighted by atomic mass is 10.3. The molecule has 0 spiro atoms. The van der Waals surface area contributed by atoms with Crippen LogP contribution in [0.1, 0.15) is 6.92 Å². The summed E-state index contributed by atoms with van der Waals surface area (Å²) in [4.78, 5) is 11.6. The lowest BCUT2D eigenvalue weighted by molar-refractivity contribution is 0.229. The lowest BCUT2D eigenvalue weighted by Crippen LogP contribution is -2.38. The molecule has 1 heterocycles. The van der Waals surface area contributed by atoms with Gasteiger partial charge in [0.25, 0.3) is 0 Å². The van der Waals surface area contributed by atoms with Crippen molar-refractivity contribution in [3.05, 3.63) is 41.7 Å². The van der Waals surface area contributed by atoms with Gasteiger partial charge in [-0.25, -0.2) is 9.48 Å². The van der Waals surface area contributed by atoms with E-state index in [1.54, 1.807) is 23.9 Å². The molecule has 0 saturated carbocycles. The van der Waals surface area contributed by atoms with Crippen LogP contribution in [0.5, 0.6) is 0 Å². The number of urea groups is 1. The molecule has 2 rings (SSSR count). The number of hydrogen-bond donors (Lipinski definition) is 3. The molecule has 0 radical (unpaired) electrons. The van der Waals surface area contributed by atoms with Crippen molar-refractivity contribution in [1.29, 1.82) is 0 Å². The standard InChI is InChI=1S/C13H15ClN4O2/c1-9(8-19)16-13(20)17-10-6-15-18(7-10)12-5-3-2-4-11(12)14/h2-7,9,19H,8H2,1H3,(H2,16,17,20). The molecule has 0 aliphatic rings. The number of halogens is 1. The third kappa shape index (κ3) is 3.49. The van der Waals surface area contributed by atoms with Gasteiger partial charge >= 0.3 is 6.03 Å². The number of para-hydroxylation sites is 1. The topological polar surface area (TPSA) is 79.2 Å². The normalized spacial score (nSPS) is 11.9. The van der Waals surface area contributed by atoms with Crippen molar-refractivity contribution in [1.82, 2.24) is 15.1 Å². The Morgan fingerprint density at radius 1 is 1.50 bits per heavy atom. The van der Waals surface area contributed by atoms with Gasteiger partial charge in [-0.2, -0.15) is 5.10 Å². The average Bonchev–Trinajstić information content (AvgIpc) is 2.87. The third-order valence-electron chi connectivity index (χ3n) is 2.59. The van der Waals surface area contributed by atoms with E-state index in [-0.39, 0.29) is 12.6 Å². The minimum Gasteiger partial charge on any atom is -0.394 e. The first-order valence-corrected chi connectivity index (χ1v) is 6.46. The molecule has 0 aliphatic carbocycles. The first-order chi connectivity index (χ1) is 9.60. The van der Waals surface area contributed by atoms with Gasteiger partial charge in [-0.05, 0) is 19.1 Å². The summed E-state index contributed by atoms with van der Waals surface area (Å²) >= 11 is 6.07. The fraction of sp³-hybridized carbons (Fsp3) is 0.231. The molecule has 0 aliphatic heterocycles. The highest BCUT2D eigenvalue weighted by Crippen LogP contribution is 2.20. The van der Waals surface area contributed by atoms with E-state index in [1.807, 2.05) is 18.2 Å². The number of nitrogens with zero attached hydrogens (tertiary/aromatic N) is 2. The van der Waals surface area contributed by atoms with E-state index < -0.39 is 6.03 Å². The summed E-state index contributed by atoms with van der Waals surface area (Å²) in [6.45, 7) is 1.58. The van der Waals surface area contributed by atoms with Crippen molar-refractivity contribution in [3.8, 4) is 5.69 Å². The molecule has 20 heavy (non-hydrogen) atoms. The van der Waals surface area contributed by atoms with E-state index in [0.29, 0.717) is 10.7 Å². The lowest BCUT2D eigenvalue weighted by Gasteiger charge is -2.10. The van der Waals surface area contributed by atoms with Gasteiger partial charge in [0.05, 0.1) is 41.4 Å². The molecule has 2 aromatic rings. The molecular weight excluding hydrogens is 280 g/mol. The molecule has 1 atom stereocenters. The Balaban J connectivity index is 2.06. The molecule has 0 fully saturated rings. The zero-order chi connectivity index (χ0) is 14.5. The smallest absolute Gasteiger partial charge is 0.319 e. The first-order valence-electron chi connectivity index (χ1n) is 6.08. The Morgan fingerprint density at radius 2 is 2.25 bits per heavy atom. The van der Waals surface area contributed by atoms with Gasteiger partial charge in [0.15, 0.2) is 0 Å². The van der Waals surface area contributed by atoms with Gasteiger partial charge < -0.3 is 15.7 Å². The average molecular weight is 295 g/mol. The summed E-state index contributed by atoms with van der Waals surface area (Å²) in [6.07, 6.45) is 3.18. The minimum absolute atomic E-state index is 0.119. The van der Waals surface area contributed by atoms with Crippen molar-refractivity contribution in [2.45, 2.75) is 13.0 Å². The highest BCUT2D eigenvalue weighted by Gasteiger charge is 2.09. The molecular formula is C13H15ClN4O2. The van der Waals surface area contributed by atoms with Crippen molar-refractivity contribution in [2.24, 2.45) is 0 Å². The fourth-order valence-corrected chi connectivity index (χ4v) is 1.82. The van der Waals surface area contributed by atoms with Crippen molar-refractivity contribution in [3.63, 3.8) is 0 Å². The highest BCUT2D eigenvalue weighted by molar-refractivity contribution is 6.32. The van der Waals surface area contributed by atoms with E-state index in [0.717, 1.165) is 5.69 Å². The second-order valence-corrected chi connectivity index (χ2v) is 4.71. The Bertz CT molecular complexity index is 600. The third-order valence-corrected chi connectivity index (χ3v) is 2.91.